The fourth-order valence-corrected chi connectivity index (χ4v) is 4.75. The number of benzene rings is 1. The van der Waals surface area contributed by atoms with Crippen molar-refractivity contribution in [1.29, 1.82) is 10.5 Å². The van der Waals surface area contributed by atoms with Crippen molar-refractivity contribution in [1.82, 2.24) is 0 Å². The van der Waals surface area contributed by atoms with E-state index >= 15 is 0 Å². The number of fused-ring (bicyclic) bond motifs is 1. The molecule has 3 rings (SSSR count). The number of rotatable bonds is 6. The molecule has 1 aliphatic heterocycles. The van der Waals surface area contributed by atoms with Crippen LogP contribution in [0.25, 0.3) is 0 Å². The maximum absolute atomic E-state index is 10.3. The van der Waals surface area contributed by atoms with Gasteiger partial charge >= 0.3 is 5.91 Å². The van der Waals surface area contributed by atoms with Crippen molar-refractivity contribution in [2.24, 2.45) is 16.6 Å². The number of hydrogen-bond acceptors (Lipinski definition) is 6. The molecule has 7 nitrogen and oxygen atoms in total. The Kier molecular flexibility index (Phi) is 3.99. The van der Waals surface area contributed by atoms with Gasteiger partial charge in [-0.05, 0) is 31.5 Å². The Labute approximate surface area is 153 Å². The van der Waals surface area contributed by atoms with Crippen LogP contribution in [0.2, 0.25) is 0 Å². The van der Waals surface area contributed by atoms with Crippen molar-refractivity contribution in [3.8, 4) is 17.9 Å². The Morgan fingerprint density at radius 2 is 1.65 bits per heavy atom. The smallest absolute Gasteiger partial charge is 0.343 e. The summed E-state index contributed by atoms with van der Waals surface area (Å²) in [7, 11) is 1.58. The monoisotopic (exact) mass is 355 g/mol. The summed E-state index contributed by atoms with van der Waals surface area (Å²) in [5, 5.41) is 20.4. The van der Waals surface area contributed by atoms with Crippen LogP contribution >= 0.6 is 0 Å². The van der Waals surface area contributed by atoms with Gasteiger partial charge in [-0.2, -0.15) is 10.5 Å². The van der Waals surface area contributed by atoms with Gasteiger partial charge in [-0.15, -0.1) is 0 Å². The molecule has 3 N–H and O–H groups in total. The molecule has 136 valence electrons. The lowest BCUT2D eigenvalue weighted by Crippen LogP contribution is -2.91. The third-order valence-electron chi connectivity index (χ3n) is 5.89. The fraction of sp³-hybridized carbons (Fsp3) is 0.526. The highest BCUT2D eigenvalue weighted by Gasteiger charge is 3.03. The summed E-state index contributed by atoms with van der Waals surface area (Å²) in [4.78, 5) is 2.98. The van der Waals surface area contributed by atoms with Crippen LogP contribution in [0.4, 0.5) is 0 Å². The van der Waals surface area contributed by atoms with E-state index in [-0.39, 0.29) is 5.84 Å². The normalized spacial score (nSPS) is 33.5. The molecule has 1 saturated carbocycles. The minimum Gasteiger partial charge on any atom is -0.497 e. The summed E-state index contributed by atoms with van der Waals surface area (Å²) in [6.07, 6.45) is 0. The number of nitrogens with one attached hydrogen (secondary N) is 1. The lowest BCUT2D eigenvalue weighted by atomic mass is 9.84. The van der Waals surface area contributed by atoms with Crippen molar-refractivity contribution < 1.29 is 19.2 Å². The Balaban J connectivity index is 2.26. The first-order valence-corrected chi connectivity index (χ1v) is 8.57. The van der Waals surface area contributed by atoms with E-state index in [1.54, 1.807) is 19.2 Å². The minimum atomic E-state index is -1.49. The molecule has 0 radical (unpaired) electrons. The van der Waals surface area contributed by atoms with E-state index in [2.05, 4.69) is 17.1 Å². The average Bonchev–Trinajstić information content (AvgIpc) is 3.08. The van der Waals surface area contributed by atoms with E-state index in [4.69, 9.17) is 19.9 Å². The number of nitriles is 2. The van der Waals surface area contributed by atoms with Crippen LogP contribution < -0.4 is 15.5 Å². The van der Waals surface area contributed by atoms with Gasteiger partial charge in [-0.25, -0.2) is 4.99 Å². The molecule has 1 aromatic rings. The Morgan fingerprint density at radius 1 is 1.08 bits per heavy atom. The van der Waals surface area contributed by atoms with Gasteiger partial charge in [0.2, 0.25) is 0 Å². The van der Waals surface area contributed by atoms with Gasteiger partial charge in [0, 0.05) is 0 Å². The first kappa shape index (κ1) is 18.2. The van der Waals surface area contributed by atoms with E-state index < -0.39 is 22.2 Å². The number of ether oxygens (including phenoxy) is 3. The van der Waals surface area contributed by atoms with Crippen LogP contribution in [0.5, 0.6) is 5.75 Å². The molecule has 26 heavy (non-hydrogen) atoms. The molecule has 3 atom stereocenters. The molecule has 1 aliphatic carbocycles. The molecule has 0 unspecified atom stereocenters. The van der Waals surface area contributed by atoms with Gasteiger partial charge in [0.25, 0.3) is 5.84 Å². The summed E-state index contributed by atoms with van der Waals surface area (Å²) < 4.78 is 17.0. The average molecular weight is 355 g/mol. The summed E-state index contributed by atoms with van der Waals surface area (Å²) in [6.45, 7) is 6.07. The van der Waals surface area contributed by atoms with Gasteiger partial charge in [-0.3, -0.25) is 5.73 Å². The summed E-state index contributed by atoms with van der Waals surface area (Å²) in [6, 6.07) is 12.0. The second-order valence-corrected chi connectivity index (χ2v) is 6.60. The fourth-order valence-electron chi connectivity index (χ4n) is 4.75. The maximum Gasteiger partial charge on any atom is 0.343 e. The largest absolute Gasteiger partial charge is 0.497 e. The van der Waals surface area contributed by atoms with Crippen LogP contribution in [0.1, 0.15) is 26.3 Å². The van der Waals surface area contributed by atoms with Crippen molar-refractivity contribution in [2.45, 2.75) is 32.1 Å². The van der Waals surface area contributed by atoms with E-state index in [9.17, 15) is 10.5 Å². The van der Waals surface area contributed by atoms with Crippen LogP contribution in [0.3, 0.4) is 0 Å². The second-order valence-electron chi connectivity index (χ2n) is 6.60. The van der Waals surface area contributed by atoms with Crippen molar-refractivity contribution in [3.63, 3.8) is 0 Å². The molecule has 0 saturated heterocycles. The van der Waals surface area contributed by atoms with Crippen LogP contribution in [0, 0.1) is 33.5 Å². The van der Waals surface area contributed by atoms with Gasteiger partial charge < -0.3 is 14.2 Å². The number of hydrogen-bond donors (Lipinski definition) is 2. The van der Waals surface area contributed by atoms with Crippen LogP contribution in [0.15, 0.2) is 24.3 Å². The quantitative estimate of drug-likeness (QED) is 0.703. The Morgan fingerprint density at radius 3 is 2.08 bits per heavy atom. The van der Waals surface area contributed by atoms with Gasteiger partial charge in [-0.1, -0.05) is 19.1 Å². The molecular formula is C19H23N4O3+. The van der Waals surface area contributed by atoms with Crippen molar-refractivity contribution in [2.75, 3.05) is 20.3 Å². The highest BCUT2D eigenvalue weighted by molar-refractivity contribution is 5.97. The second kappa shape index (κ2) is 5.70. The Hall–Kier alpha value is -2.61. The highest BCUT2D eigenvalue weighted by Crippen LogP contribution is 2.82. The zero-order valence-corrected chi connectivity index (χ0v) is 15.4. The van der Waals surface area contributed by atoms with E-state index in [1.807, 2.05) is 32.9 Å². The first-order chi connectivity index (χ1) is 12.4. The first-order valence-electron chi connectivity index (χ1n) is 8.57. The molecule has 1 fully saturated rings. The number of nitrogens with zero attached hydrogens (tertiary/aromatic N) is 2. The third kappa shape index (κ3) is 1.61. The standard InChI is InChI=1S/C19H22N4O3/c1-5-25-19(26-6-2)18(12-21)16(3,17(18,11-20)15(22)23-19)13-7-9-14(24-4)10-8-13/h7-10H,5-6H2,1-4H3,(H2,22,23)/p+1/t16-,17-,18+/m0/s1. The zero-order chi connectivity index (χ0) is 19.2. The molecule has 2 aliphatic rings. The SMILES string of the molecule is CCOC1(OCC)[NH+]=C(N)[C@@]2(C#N)[C@](C)(c3ccc(OC)cc3)[C@@]12C#N. The van der Waals surface area contributed by atoms with Crippen LogP contribution in [-0.2, 0) is 14.9 Å². The maximum atomic E-state index is 10.3. The topological polar surface area (TPSA) is 115 Å². The van der Waals surface area contributed by atoms with Crippen molar-refractivity contribution >= 4 is 5.84 Å². The molecule has 0 spiro atoms. The van der Waals surface area contributed by atoms with Gasteiger partial charge in [0.15, 0.2) is 10.8 Å². The number of nitrogens with two attached hydrogens (primary N) is 1. The van der Waals surface area contributed by atoms with E-state index in [1.165, 1.54) is 0 Å². The lowest BCUT2D eigenvalue weighted by molar-refractivity contribution is -0.694. The molecule has 0 amide bonds. The van der Waals surface area contributed by atoms with Gasteiger partial charge in [0.05, 0.1) is 37.9 Å². The number of methoxy groups -OCH3 is 1. The summed E-state index contributed by atoms with van der Waals surface area (Å²) >= 11 is 0. The molecule has 7 heteroatoms. The highest BCUT2D eigenvalue weighted by atomic mass is 16.7. The predicted molar refractivity (Wildman–Crippen MR) is 92.6 cm³/mol. The van der Waals surface area contributed by atoms with E-state index in [0.717, 1.165) is 5.56 Å². The number of amidine groups is 1. The Bertz CT molecular complexity index is 832. The minimum absolute atomic E-state index is 0.196. The van der Waals surface area contributed by atoms with Crippen LogP contribution in [-0.4, -0.2) is 32.1 Å². The predicted octanol–water partition coefficient (Wildman–Crippen LogP) is 0.165. The summed E-state index contributed by atoms with van der Waals surface area (Å²) in [5.41, 5.74) is 3.57. The molecule has 1 aromatic carbocycles. The summed E-state index contributed by atoms with van der Waals surface area (Å²) in [5.74, 6) is -0.599. The third-order valence-corrected chi connectivity index (χ3v) is 5.89. The molecular weight excluding hydrogens is 332 g/mol. The molecule has 0 aromatic heterocycles. The van der Waals surface area contributed by atoms with Crippen molar-refractivity contribution in [3.05, 3.63) is 29.8 Å². The van der Waals surface area contributed by atoms with E-state index in [0.29, 0.717) is 19.0 Å². The lowest BCUT2D eigenvalue weighted by Gasteiger charge is -2.32. The van der Waals surface area contributed by atoms with Gasteiger partial charge in [0.1, 0.15) is 5.75 Å². The molecule has 0 bridgehead atoms. The molecule has 1 heterocycles. The zero-order valence-electron chi connectivity index (χ0n) is 15.4.